The number of aliphatic carboxylic acids is 1. The highest BCUT2D eigenvalue weighted by Crippen LogP contribution is 2.43. The molecular weight excluding hydrogens is 246 g/mol. The molecule has 0 spiro atoms. The number of nitrogens with zero attached hydrogens (tertiary/aromatic N) is 1. The number of amides is 1. The second-order valence-electron chi connectivity index (χ2n) is 6.14. The summed E-state index contributed by atoms with van der Waals surface area (Å²) in [7, 11) is 0. The monoisotopic (exact) mass is 267 g/mol. The van der Waals surface area contributed by atoms with Gasteiger partial charge in [-0.05, 0) is 44.4 Å². The Morgan fingerprint density at radius 1 is 1.21 bits per heavy atom. The second kappa shape index (κ2) is 4.78. The fraction of sp³-hybridized carbons (Fsp3) is 0.857. The number of hydrogen-bond acceptors (Lipinski definition) is 3. The molecule has 1 aliphatic carbocycles. The number of ether oxygens (including phenoxy) is 1. The third-order valence-corrected chi connectivity index (χ3v) is 4.93. The molecule has 106 valence electrons. The summed E-state index contributed by atoms with van der Waals surface area (Å²) in [5.41, 5.74) is 0. The number of rotatable bonds is 2. The van der Waals surface area contributed by atoms with Gasteiger partial charge in [0.2, 0.25) is 0 Å². The third kappa shape index (κ3) is 2.14. The zero-order valence-electron chi connectivity index (χ0n) is 11.2. The summed E-state index contributed by atoms with van der Waals surface area (Å²) in [5, 5.41) is 9.44. The van der Waals surface area contributed by atoms with E-state index in [2.05, 4.69) is 0 Å². The Labute approximate surface area is 112 Å². The van der Waals surface area contributed by atoms with Gasteiger partial charge in [0.15, 0.2) is 0 Å². The van der Waals surface area contributed by atoms with E-state index in [4.69, 9.17) is 4.74 Å². The fourth-order valence-electron chi connectivity index (χ4n) is 4.02. The molecule has 0 aromatic rings. The van der Waals surface area contributed by atoms with Gasteiger partial charge in [0, 0.05) is 6.54 Å². The van der Waals surface area contributed by atoms with Crippen molar-refractivity contribution >= 4 is 11.9 Å². The van der Waals surface area contributed by atoms with Gasteiger partial charge >= 0.3 is 5.97 Å². The number of carboxylic acids is 1. The van der Waals surface area contributed by atoms with E-state index in [-0.39, 0.29) is 17.9 Å². The molecule has 3 rings (SSSR count). The Bertz CT molecular complexity index is 397. The maximum Gasteiger partial charge on any atom is 0.326 e. The van der Waals surface area contributed by atoms with Crippen LogP contribution in [0.25, 0.3) is 0 Å². The van der Waals surface area contributed by atoms with Crippen LogP contribution in [0.4, 0.5) is 0 Å². The van der Waals surface area contributed by atoms with E-state index in [1.807, 2.05) is 6.92 Å². The van der Waals surface area contributed by atoms with E-state index in [0.29, 0.717) is 12.5 Å². The van der Waals surface area contributed by atoms with Crippen molar-refractivity contribution in [3.8, 4) is 0 Å². The summed E-state index contributed by atoms with van der Waals surface area (Å²) < 4.78 is 5.60. The number of fused-ring (bicyclic) bond motifs is 1. The van der Waals surface area contributed by atoms with Crippen molar-refractivity contribution in [2.24, 2.45) is 11.8 Å². The van der Waals surface area contributed by atoms with E-state index >= 15 is 0 Å². The highest BCUT2D eigenvalue weighted by atomic mass is 16.5. The molecule has 5 heteroatoms. The second-order valence-corrected chi connectivity index (χ2v) is 6.14. The first-order valence-corrected chi connectivity index (χ1v) is 7.26. The largest absolute Gasteiger partial charge is 0.480 e. The predicted octanol–water partition coefficient (Wildman–Crippen LogP) is 1.27. The Kier molecular flexibility index (Phi) is 3.25. The van der Waals surface area contributed by atoms with Crippen LogP contribution < -0.4 is 0 Å². The average molecular weight is 267 g/mol. The molecule has 0 aromatic heterocycles. The molecule has 2 heterocycles. The number of likely N-dealkylation sites (tertiary alicyclic amines) is 1. The standard InChI is InChI=1S/C14H21NO4/c1-8-5-6-11(19-8)13(16)15-7-9-3-2-4-10(9)12(15)14(17)18/h8-12H,2-7H2,1H3,(H,17,18). The minimum atomic E-state index is -0.853. The highest BCUT2D eigenvalue weighted by Gasteiger charge is 2.51. The van der Waals surface area contributed by atoms with Crippen LogP contribution in [0.3, 0.4) is 0 Å². The predicted molar refractivity (Wildman–Crippen MR) is 67.5 cm³/mol. The van der Waals surface area contributed by atoms with Crippen LogP contribution in [0.5, 0.6) is 0 Å². The first-order chi connectivity index (χ1) is 9.08. The van der Waals surface area contributed by atoms with Crippen molar-refractivity contribution in [2.75, 3.05) is 6.54 Å². The molecule has 5 atom stereocenters. The lowest BCUT2D eigenvalue weighted by atomic mass is 9.94. The van der Waals surface area contributed by atoms with Crippen LogP contribution >= 0.6 is 0 Å². The van der Waals surface area contributed by atoms with Gasteiger partial charge < -0.3 is 14.7 Å². The minimum absolute atomic E-state index is 0.105. The molecule has 3 fully saturated rings. The molecular formula is C14H21NO4. The smallest absolute Gasteiger partial charge is 0.326 e. The number of carbonyl (C=O) groups excluding carboxylic acids is 1. The van der Waals surface area contributed by atoms with Crippen LogP contribution in [0.1, 0.15) is 39.0 Å². The molecule has 0 radical (unpaired) electrons. The van der Waals surface area contributed by atoms with Crippen LogP contribution in [0, 0.1) is 11.8 Å². The maximum atomic E-state index is 12.5. The molecule has 5 nitrogen and oxygen atoms in total. The SMILES string of the molecule is CC1CCC(C(=O)N2CC3CCCC3C2C(=O)O)O1. The van der Waals surface area contributed by atoms with Crippen molar-refractivity contribution < 1.29 is 19.4 Å². The molecule has 3 aliphatic rings. The van der Waals surface area contributed by atoms with Crippen LogP contribution in [-0.4, -0.2) is 46.7 Å². The normalized spacial score (nSPS) is 41.5. The van der Waals surface area contributed by atoms with Gasteiger partial charge in [0.05, 0.1) is 6.10 Å². The van der Waals surface area contributed by atoms with Crippen molar-refractivity contribution in [1.82, 2.24) is 4.90 Å². The quantitative estimate of drug-likeness (QED) is 0.818. The van der Waals surface area contributed by atoms with Gasteiger partial charge in [-0.25, -0.2) is 4.79 Å². The summed E-state index contributed by atoms with van der Waals surface area (Å²) in [6.45, 7) is 2.56. The zero-order chi connectivity index (χ0) is 13.6. The van der Waals surface area contributed by atoms with Crippen LogP contribution in [-0.2, 0) is 14.3 Å². The topological polar surface area (TPSA) is 66.8 Å². The first-order valence-electron chi connectivity index (χ1n) is 7.26. The van der Waals surface area contributed by atoms with Crippen molar-refractivity contribution in [1.29, 1.82) is 0 Å². The molecule has 19 heavy (non-hydrogen) atoms. The van der Waals surface area contributed by atoms with E-state index in [0.717, 1.165) is 32.1 Å². The molecule has 5 unspecified atom stereocenters. The Morgan fingerprint density at radius 2 is 2.00 bits per heavy atom. The van der Waals surface area contributed by atoms with Crippen molar-refractivity contribution in [3.05, 3.63) is 0 Å². The molecule has 1 N–H and O–H groups in total. The molecule has 2 aliphatic heterocycles. The molecule has 0 aromatic carbocycles. The number of carboxylic acid groups (broad SMARTS) is 1. The molecule has 1 saturated carbocycles. The van der Waals surface area contributed by atoms with E-state index < -0.39 is 18.1 Å². The zero-order valence-corrected chi connectivity index (χ0v) is 11.2. The maximum absolute atomic E-state index is 12.5. The Hall–Kier alpha value is -1.10. The molecule has 0 bridgehead atoms. The first kappa shape index (κ1) is 12.9. The summed E-state index contributed by atoms with van der Waals surface area (Å²) in [5.74, 6) is -0.427. The van der Waals surface area contributed by atoms with Crippen molar-refractivity contribution in [2.45, 2.75) is 57.3 Å². The highest BCUT2D eigenvalue weighted by molar-refractivity contribution is 5.87. The van der Waals surface area contributed by atoms with Crippen molar-refractivity contribution in [3.63, 3.8) is 0 Å². The van der Waals surface area contributed by atoms with Crippen LogP contribution in [0.15, 0.2) is 0 Å². The molecule has 2 saturated heterocycles. The fourth-order valence-corrected chi connectivity index (χ4v) is 4.02. The summed E-state index contributed by atoms with van der Waals surface area (Å²) in [6, 6.07) is -0.625. The third-order valence-electron chi connectivity index (χ3n) is 4.93. The number of hydrogen-bond donors (Lipinski definition) is 1. The molecule has 1 amide bonds. The minimum Gasteiger partial charge on any atom is -0.480 e. The lowest BCUT2D eigenvalue weighted by molar-refractivity contribution is -0.154. The lowest BCUT2D eigenvalue weighted by Crippen LogP contribution is -2.47. The van der Waals surface area contributed by atoms with E-state index in [9.17, 15) is 14.7 Å². The average Bonchev–Trinajstić information content (AvgIpc) is 3.00. The van der Waals surface area contributed by atoms with Gasteiger partial charge in [-0.1, -0.05) is 6.42 Å². The van der Waals surface area contributed by atoms with Gasteiger partial charge in [-0.15, -0.1) is 0 Å². The summed E-state index contributed by atoms with van der Waals surface area (Å²) >= 11 is 0. The van der Waals surface area contributed by atoms with Gasteiger partial charge in [0.25, 0.3) is 5.91 Å². The van der Waals surface area contributed by atoms with E-state index in [1.165, 1.54) is 0 Å². The van der Waals surface area contributed by atoms with E-state index in [1.54, 1.807) is 4.90 Å². The summed E-state index contributed by atoms with van der Waals surface area (Å²) in [4.78, 5) is 25.6. The van der Waals surface area contributed by atoms with Gasteiger partial charge in [-0.3, -0.25) is 4.79 Å². The lowest BCUT2D eigenvalue weighted by Gasteiger charge is -2.26. The van der Waals surface area contributed by atoms with Gasteiger partial charge in [-0.2, -0.15) is 0 Å². The number of carbonyl (C=O) groups is 2. The van der Waals surface area contributed by atoms with Gasteiger partial charge in [0.1, 0.15) is 12.1 Å². The Balaban J connectivity index is 1.76. The Morgan fingerprint density at radius 3 is 2.63 bits per heavy atom. The van der Waals surface area contributed by atoms with Crippen LogP contribution in [0.2, 0.25) is 0 Å². The summed E-state index contributed by atoms with van der Waals surface area (Å²) in [6.07, 6.45) is 4.38.